The van der Waals surface area contributed by atoms with Gasteiger partial charge < -0.3 is 49.4 Å². The standard InChI is InChI=1S/C56H56O12Si8/c1-9-25-49(26-10-1)41-69-57-70(42-50-27-11-2-12-28-50)60-73(45-53-33-17-5-18-34-53)62-71(58-69,43-51-29-13-3-14-30-51)64-75(47-55-37-21-7-22-38-55)65-72(59-69,44-52-31-15-4-16-32-52)63-74(61-70,46-54-35-19-6-20-36-54)67-76(66-73,68-75)48-56-39-23-8-24-40-56/h1-40H,41-48H2. The van der Waals surface area contributed by atoms with Crippen molar-refractivity contribution < 1.29 is 49.4 Å². The molecule has 6 aliphatic rings. The molecule has 0 spiro atoms. The van der Waals surface area contributed by atoms with Gasteiger partial charge in [0.25, 0.3) is 0 Å². The Labute approximate surface area is 452 Å². The molecule has 6 aliphatic heterocycles. The molecule has 0 saturated carbocycles. The van der Waals surface area contributed by atoms with Crippen LogP contribution in [0.1, 0.15) is 44.5 Å². The first kappa shape index (κ1) is 50.5. The third kappa shape index (κ3) is 10.9. The highest BCUT2D eigenvalue weighted by Crippen LogP contribution is 2.52. The molecule has 384 valence electrons. The highest BCUT2D eigenvalue weighted by Gasteiger charge is 2.83. The summed E-state index contributed by atoms with van der Waals surface area (Å²) in [5, 5.41) is 0. The summed E-state index contributed by atoms with van der Waals surface area (Å²) in [7, 11) is -35.9. The Hall–Kier alpha value is -4.98. The molecule has 0 N–H and O–H groups in total. The maximum Gasteiger partial charge on any atom is 0.483 e. The van der Waals surface area contributed by atoms with Crippen molar-refractivity contribution in [2.45, 2.75) is 48.4 Å². The van der Waals surface area contributed by atoms with Crippen LogP contribution in [0.2, 0.25) is 0 Å². The lowest BCUT2D eigenvalue weighted by molar-refractivity contribution is -0.0322. The quantitative estimate of drug-likeness (QED) is 0.0860. The Balaban J connectivity index is 1.15. The van der Waals surface area contributed by atoms with Gasteiger partial charge in [0.2, 0.25) is 0 Å². The second-order valence-electron chi connectivity index (χ2n) is 20.0. The molecule has 6 fully saturated rings. The molecule has 0 aromatic heterocycles. The van der Waals surface area contributed by atoms with Gasteiger partial charge in [-0.25, -0.2) is 0 Å². The van der Waals surface area contributed by atoms with E-state index >= 15 is 0 Å². The van der Waals surface area contributed by atoms with Gasteiger partial charge in [-0.2, -0.15) is 0 Å². The lowest BCUT2D eigenvalue weighted by atomic mass is 10.2. The first-order valence-corrected chi connectivity index (χ1v) is 41.3. The van der Waals surface area contributed by atoms with Gasteiger partial charge in [-0.3, -0.25) is 0 Å². The molecule has 8 aromatic rings. The van der Waals surface area contributed by atoms with Crippen LogP contribution < -0.4 is 0 Å². The van der Waals surface area contributed by atoms with E-state index in [1.54, 1.807) is 0 Å². The van der Waals surface area contributed by atoms with Crippen molar-refractivity contribution in [1.82, 2.24) is 0 Å². The summed E-state index contributed by atoms with van der Waals surface area (Å²) in [6.45, 7) is 0. The van der Waals surface area contributed by atoms with Crippen LogP contribution in [0.4, 0.5) is 0 Å². The van der Waals surface area contributed by atoms with Gasteiger partial charge in [0.15, 0.2) is 0 Å². The Kier molecular flexibility index (Phi) is 13.7. The molecular formula is C56H56O12Si8. The Morgan fingerprint density at radius 1 is 0.145 bits per heavy atom. The summed E-state index contributed by atoms with van der Waals surface area (Å²) in [5.74, 6) is 0. The minimum Gasteiger partial charge on any atom is -0.373 e. The molecule has 14 rings (SSSR count). The van der Waals surface area contributed by atoms with Gasteiger partial charge in [-0.05, 0) is 44.5 Å². The van der Waals surface area contributed by atoms with Gasteiger partial charge in [-0.1, -0.05) is 243 Å². The van der Waals surface area contributed by atoms with E-state index in [-0.39, 0.29) is 48.4 Å². The second kappa shape index (κ2) is 20.7. The van der Waals surface area contributed by atoms with E-state index in [1.165, 1.54) is 0 Å². The maximum absolute atomic E-state index is 8.23. The van der Waals surface area contributed by atoms with Gasteiger partial charge in [0.1, 0.15) is 0 Å². The zero-order valence-corrected chi connectivity index (χ0v) is 49.6. The summed E-state index contributed by atoms with van der Waals surface area (Å²) in [6, 6.07) is 82.7. The molecule has 0 unspecified atom stereocenters. The van der Waals surface area contributed by atoms with Crippen LogP contribution >= 0.6 is 0 Å². The summed E-state index contributed by atoms with van der Waals surface area (Å²) >= 11 is 0. The van der Waals surface area contributed by atoms with Crippen molar-refractivity contribution in [3.05, 3.63) is 287 Å². The first-order valence-electron chi connectivity index (χ1n) is 25.8. The van der Waals surface area contributed by atoms with E-state index in [4.69, 9.17) is 49.4 Å². The molecule has 0 atom stereocenters. The predicted molar refractivity (Wildman–Crippen MR) is 300 cm³/mol. The maximum atomic E-state index is 8.23. The molecule has 6 heterocycles. The van der Waals surface area contributed by atoms with E-state index in [0.29, 0.717) is 0 Å². The molecule has 8 bridgehead atoms. The molecule has 8 aromatic carbocycles. The largest absolute Gasteiger partial charge is 0.483 e. The van der Waals surface area contributed by atoms with Crippen LogP contribution in [-0.4, -0.2) is 70.4 Å². The SMILES string of the molecule is c1ccc(C[Si]23O[Si]4(Cc5ccccc5)O[Si]5(Cc6ccccc6)O[Si](Cc6ccccc6)(O2)O[Si]2(Cc6ccccc6)O[Si](Cc6ccccc6)(O3)O[Si](Cc3ccccc3)(O4)O[Si](Cc3ccccc3)(O5)O2)cc1. The first-order chi connectivity index (χ1) is 37.1. The molecule has 6 saturated heterocycles. The Morgan fingerprint density at radius 2 is 0.237 bits per heavy atom. The lowest BCUT2D eigenvalue weighted by Crippen LogP contribution is -2.90. The smallest absolute Gasteiger partial charge is 0.373 e. The van der Waals surface area contributed by atoms with Crippen molar-refractivity contribution in [2.24, 2.45) is 0 Å². The van der Waals surface area contributed by atoms with Gasteiger partial charge in [0, 0.05) is 48.4 Å². The van der Waals surface area contributed by atoms with E-state index in [1.807, 2.05) is 146 Å². The van der Waals surface area contributed by atoms with Crippen LogP contribution in [0, 0.1) is 0 Å². The van der Waals surface area contributed by atoms with E-state index in [0.717, 1.165) is 44.5 Å². The topological polar surface area (TPSA) is 111 Å². The molecule has 76 heavy (non-hydrogen) atoms. The number of hydrogen-bond acceptors (Lipinski definition) is 12. The summed E-state index contributed by atoms with van der Waals surface area (Å²) in [5.41, 5.74) is 7.29. The normalized spacial score (nSPS) is 31.4. The van der Waals surface area contributed by atoms with Gasteiger partial charge in [-0.15, -0.1) is 0 Å². The van der Waals surface area contributed by atoms with Crippen LogP contribution in [0.3, 0.4) is 0 Å². The average Bonchev–Trinajstić information content (AvgIpc) is 3.44. The van der Waals surface area contributed by atoms with Crippen molar-refractivity contribution in [1.29, 1.82) is 0 Å². The minimum atomic E-state index is -4.48. The molecule has 20 heteroatoms. The van der Waals surface area contributed by atoms with Gasteiger partial charge >= 0.3 is 70.4 Å². The van der Waals surface area contributed by atoms with Crippen molar-refractivity contribution in [3.8, 4) is 0 Å². The fourth-order valence-electron chi connectivity index (χ4n) is 11.0. The number of hydrogen-bond donors (Lipinski definition) is 0. The van der Waals surface area contributed by atoms with Crippen LogP contribution in [0.25, 0.3) is 0 Å². The predicted octanol–water partition coefficient (Wildman–Crippen LogP) is 10.0. The fraction of sp³-hybridized carbons (Fsp3) is 0.143. The molecule has 0 aliphatic carbocycles. The Morgan fingerprint density at radius 3 is 0.329 bits per heavy atom. The number of rotatable bonds is 16. The van der Waals surface area contributed by atoms with E-state index in [2.05, 4.69) is 97.1 Å². The number of benzene rings is 8. The lowest BCUT2D eigenvalue weighted by Gasteiger charge is -2.63. The monoisotopic (exact) mass is 1140 g/mol. The third-order valence-corrected chi connectivity index (χ3v) is 50.4. The van der Waals surface area contributed by atoms with Gasteiger partial charge in [0.05, 0.1) is 0 Å². The zero-order chi connectivity index (χ0) is 51.0. The summed E-state index contributed by atoms with van der Waals surface area (Å²) in [6.07, 6.45) is 0. The van der Waals surface area contributed by atoms with Crippen molar-refractivity contribution >= 4 is 70.4 Å². The molecular weight excluding hydrogens is 1090 g/mol. The van der Waals surface area contributed by atoms with E-state index < -0.39 is 70.4 Å². The zero-order valence-electron chi connectivity index (χ0n) is 41.6. The van der Waals surface area contributed by atoms with Crippen molar-refractivity contribution in [3.63, 3.8) is 0 Å². The molecule has 0 radical (unpaired) electrons. The van der Waals surface area contributed by atoms with Crippen LogP contribution in [-0.2, 0) is 97.7 Å². The average molecular weight is 1150 g/mol. The summed E-state index contributed by atoms with van der Waals surface area (Å²) < 4.78 is 98.8. The van der Waals surface area contributed by atoms with Crippen molar-refractivity contribution in [2.75, 3.05) is 0 Å². The Bertz CT molecular complexity index is 2500. The highest BCUT2D eigenvalue weighted by atomic mass is 28.6. The highest BCUT2D eigenvalue weighted by molar-refractivity contribution is 7.03. The second-order valence-corrected chi connectivity index (χ2v) is 43.5. The molecule has 0 amide bonds. The minimum absolute atomic E-state index is 0.180. The molecule has 12 nitrogen and oxygen atoms in total. The van der Waals surface area contributed by atoms with Crippen LogP contribution in [0.5, 0.6) is 0 Å². The third-order valence-electron chi connectivity index (χ3n) is 13.8. The summed E-state index contributed by atoms with van der Waals surface area (Å²) in [4.78, 5) is 0. The van der Waals surface area contributed by atoms with Crippen LogP contribution in [0.15, 0.2) is 243 Å². The fourth-order valence-corrected chi connectivity index (χ4v) is 59.5. The van der Waals surface area contributed by atoms with E-state index in [9.17, 15) is 0 Å².